The number of benzene rings is 2. The Labute approximate surface area is 158 Å². The molecule has 3 rings (SSSR count). The number of anilines is 1. The maximum atomic E-state index is 13.4. The van der Waals surface area contributed by atoms with Crippen LogP contribution in [0.25, 0.3) is 0 Å². The molecule has 1 unspecified atom stereocenters. The number of unbranched alkanes of at least 4 members (excludes halogenated alkanes) is 1. The first kappa shape index (κ1) is 18.2. The van der Waals surface area contributed by atoms with Crippen LogP contribution in [-0.4, -0.2) is 18.6 Å². The summed E-state index contributed by atoms with van der Waals surface area (Å²) in [6, 6.07) is 17.8. The number of carbonyl (C=O) groups excluding carboxylic acids is 1. The van der Waals surface area contributed by atoms with Crippen LogP contribution in [0.5, 0.6) is 0 Å². The van der Waals surface area contributed by atoms with Crippen LogP contribution in [0.15, 0.2) is 59.1 Å². The molecular weight excluding hydrogens is 377 g/mol. The van der Waals surface area contributed by atoms with Crippen LogP contribution in [0.3, 0.4) is 0 Å². The van der Waals surface area contributed by atoms with Crippen molar-refractivity contribution in [2.45, 2.75) is 45.1 Å². The average molecular weight is 400 g/mol. The van der Waals surface area contributed by atoms with Gasteiger partial charge in [0.1, 0.15) is 5.60 Å². The Bertz CT molecular complexity index is 722. The molecule has 5 heteroatoms. The van der Waals surface area contributed by atoms with Crippen molar-refractivity contribution in [2.75, 3.05) is 4.81 Å². The number of halogens is 1. The van der Waals surface area contributed by atoms with Crippen LogP contribution in [0.4, 0.5) is 5.69 Å². The Morgan fingerprint density at radius 2 is 1.76 bits per heavy atom. The predicted octanol–water partition coefficient (Wildman–Crippen LogP) is 4.55. The predicted molar refractivity (Wildman–Crippen MR) is 107 cm³/mol. The first-order valence-corrected chi connectivity index (χ1v) is 9.72. The molecule has 3 nitrogen and oxygen atoms in total. The average Bonchev–Trinajstić information content (AvgIpc) is 2.94. The van der Waals surface area contributed by atoms with Crippen LogP contribution in [0.1, 0.15) is 39.5 Å². The molecule has 1 atom stereocenters. The Morgan fingerprint density at radius 1 is 1.08 bits per heavy atom. The zero-order chi connectivity index (χ0) is 17.9. The highest BCUT2D eigenvalue weighted by molar-refractivity contribution is 9.10. The van der Waals surface area contributed by atoms with Gasteiger partial charge in [0.2, 0.25) is 5.91 Å². The van der Waals surface area contributed by atoms with Gasteiger partial charge in [0, 0.05) is 10.2 Å². The van der Waals surface area contributed by atoms with E-state index in [2.05, 4.69) is 22.9 Å². The van der Waals surface area contributed by atoms with Crippen molar-refractivity contribution in [2.24, 2.45) is 0 Å². The van der Waals surface area contributed by atoms with Crippen molar-refractivity contribution < 1.29 is 9.45 Å². The van der Waals surface area contributed by atoms with Gasteiger partial charge in [-0.25, -0.2) is 0 Å². The van der Waals surface area contributed by atoms with Crippen molar-refractivity contribution in [1.29, 1.82) is 0 Å². The minimum absolute atomic E-state index is 0.0718. The SMILES string of the molecule is CCCCC1(CC)OB(c2ccc(Br)cc2)N(c2ccccc2)C1=O. The maximum absolute atomic E-state index is 13.4. The summed E-state index contributed by atoms with van der Waals surface area (Å²) in [6.07, 6.45) is 3.47. The maximum Gasteiger partial charge on any atom is 0.459 e. The summed E-state index contributed by atoms with van der Waals surface area (Å²) in [5.41, 5.74) is 1.14. The molecule has 0 N–H and O–H groups in total. The van der Waals surface area contributed by atoms with Crippen molar-refractivity contribution in [3.63, 3.8) is 0 Å². The van der Waals surface area contributed by atoms with E-state index in [4.69, 9.17) is 4.65 Å². The van der Waals surface area contributed by atoms with E-state index in [-0.39, 0.29) is 13.0 Å². The van der Waals surface area contributed by atoms with Gasteiger partial charge in [0.05, 0.1) is 0 Å². The van der Waals surface area contributed by atoms with Gasteiger partial charge in [-0.1, -0.05) is 73.0 Å². The van der Waals surface area contributed by atoms with E-state index < -0.39 is 5.60 Å². The molecule has 0 aliphatic carbocycles. The molecule has 1 aliphatic rings. The molecule has 25 heavy (non-hydrogen) atoms. The quantitative estimate of drug-likeness (QED) is 0.667. The molecule has 0 spiro atoms. The monoisotopic (exact) mass is 399 g/mol. The third-order valence-corrected chi connectivity index (χ3v) is 5.40. The molecule has 0 bridgehead atoms. The molecule has 2 aromatic rings. The Morgan fingerprint density at radius 3 is 2.36 bits per heavy atom. The molecule has 0 aromatic heterocycles. The molecule has 1 amide bonds. The van der Waals surface area contributed by atoms with Crippen LogP contribution in [0.2, 0.25) is 0 Å². The smallest absolute Gasteiger partial charge is 0.398 e. The summed E-state index contributed by atoms with van der Waals surface area (Å²) in [6.45, 7) is 4.19. The number of nitrogens with zero attached hydrogens (tertiary/aromatic N) is 1. The Balaban J connectivity index is 2.03. The van der Waals surface area contributed by atoms with E-state index in [0.717, 1.165) is 34.9 Å². The summed E-state index contributed by atoms with van der Waals surface area (Å²) >= 11 is 3.47. The Hall–Kier alpha value is -1.59. The highest BCUT2D eigenvalue weighted by Crippen LogP contribution is 2.36. The first-order valence-electron chi connectivity index (χ1n) is 8.93. The largest absolute Gasteiger partial charge is 0.459 e. The van der Waals surface area contributed by atoms with Crippen molar-refractivity contribution in [3.05, 3.63) is 59.1 Å². The van der Waals surface area contributed by atoms with Crippen LogP contribution >= 0.6 is 15.9 Å². The minimum Gasteiger partial charge on any atom is -0.398 e. The van der Waals surface area contributed by atoms with Crippen LogP contribution < -0.4 is 10.3 Å². The second kappa shape index (κ2) is 7.75. The molecule has 1 saturated heterocycles. The summed E-state index contributed by atoms with van der Waals surface area (Å²) in [7, 11) is -0.389. The van der Waals surface area contributed by atoms with Gasteiger partial charge in [-0.2, -0.15) is 0 Å². The van der Waals surface area contributed by atoms with Gasteiger partial charge < -0.3 is 9.47 Å². The van der Waals surface area contributed by atoms with E-state index >= 15 is 0 Å². The molecule has 130 valence electrons. The number of amides is 1. The Kier molecular flexibility index (Phi) is 5.65. The molecular formula is C20H23BBrNO2. The van der Waals surface area contributed by atoms with Gasteiger partial charge in [0.15, 0.2) is 0 Å². The number of hydrogen-bond donors (Lipinski definition) is 0. The fourth-order valence-electron chi connectivity index (χ4n) is 3.37. The zero-order valence-electron chi connectivity index (χ0n) is 14.7. The van der Waals surface area contributed by atoms with Crippen molar-refractivity contribution in [1.82, 2.24) is 0 Å². The molecule has 2 aromatic carbocycles. The van der Waals surface area contributed by atoms with Gasteiger partial charge in [-0.3, -0.25) is 4.79 Å². The topological polar surface area (TPSA) is 29.5 Å². The zero-order valence-corrected chi connectivity index (χ0v) is 16.3. The summed E-state index contributed by atoms with van der Waals surface area (Å²) in [5, 5.41) is 0. The van der Waals surface area contributed by atoms with Gasteiger partial charge in [0.25, 0.3) is 0 Å². The fraction of sp³-hybridized carbons (Fsp3) is 0.350. The third-order valence-electron chi connectivity index (χ3n) is 4.88. The highest BCUT2D eigenvalue weighted by atomic mass is 79.9. The lowest BCUT2D eigenvalue weighted by Crippen LogP contribution is -2.47. The molecule has 1 fully saturated rings. The summed E-state index contributed by atoms with van der Waals surface area (Å²) in [5.74, 6) is 0.0718. The lowest BCUT2D eigenvalue weighted by Gasteiger charge is -2.26. The molecule has 1 heterocycles. The van der Waals surface area contributed by atoms with Crippen molar-refractivity contribution >= 4 is 40.0 Å². The van der Waals surface area contributed by atoms with E-state index in [9.17, 15) is 4.79 Å². The third kappa shape index (κ3) is 3.53. The lowest BCUT2D eigenvalue weighted by molar-refractivity contribution is -0.130. The number of carbonyl (C=O) groups is 1. The standard InChI is InChI=1S/C20H23BBrNO2/c1-3-5-15-20(4-2)19(24)23(18-9-7-6-8-10-18)21(25-20)16-11-13-17(22)14-12-16/h6-14H,3-5,15H2,1-2H3. The summed E-state index contributed by atoms with van der Waals surface area (Å²) in [4.78, 5) is 15.2. The van der Waals surface area contributed by atoms with E-state index in [1.807, 2.05) is 66.3 Å². The van der Waals surface area contributed by atoms with Crippen molar-refractivity contribution in [3.8, 4) is 0 Å². The first-order chi connectivity index (χ1) is 12.1. The van der Waals surface area contributed by atoms with Crippen LogP contribution in [-0.2, 0) is 9.45 Å². The van der Waals surface area contributed by atoms with Gasteiger partial charge in [-0.15, -0.1) is 0 Å². The van der Waals surface area contributed by atoms with E-state index in [0.29, 0.717) is 6.42 Å². The lowest BCUT2D eigenvalue weighted by atomic mass is 9.72. The second-order valence-electron chi connectivity index (χ2n) is 6.48. The molecule has 0 saturated carbocycles. The second-order valence-corrected chi connectivity index (χ2v) is 7.40. The summed E-state index contributed by atoms with van der Waals surface area (Å²) < 4.78 is 7.48. The number of hydrogen-bond acceptors (Lipinski definition) is 2. The number of rotatable bonds is 6. The minimum atomic E-state index is -0.733. The van der Waals surface area contributed by atoms with E-state index in [1.165, 1.54) is 0 Å². The highest BCUT2D eigenvalue weighted by Gasteiger charge is 2.54. The van der Waals surface area contributed by atoms with Gasteiger partial charge >= 0.3 is 7.05 Å². The van der Waals surface area contributed by atoms with Crippen LogP contribution in [0, 0.1) is 0 Å². The molecule has 0 radical (unpaired) electrons. The fourth-order valence-corrected chi connectivity index (χ4v) is 3.63. The van der Waals surface area contributed by atoms with E-state index in [1.54, 1.807) is 0 Å². The van der Waals surface area contributed by atoms with Gasteiger partial charge in [-0.05, 0) is 42.6 Å². The molecule has 1 aliphatic heterocycles. The number of para-hydroxylation sites is 1. The normalized spacial score (nSPS) is 20.4.